The Morgan fingerprint density at radius 3 is 2.88 bits per heavy atom. The van der Waals surface area contributed by atoms with Crippen LogP contribution in [0.2, 0.25) is 0 Å². The van der Waals surface area contributed by atoms with Crippen molar-refractivity contribution in [3.8, 4) is 0 Å². The quantitative estimate of drug-likeness (QED) is 0.839. The smallest absolute Gasteiger partial charge is 0.123 e. The molecule has 0 saturated carbocycles. The van der Waals surface area contributed by atoms with Crippen LogP contribution in [-0.4, -0.2) is 15.0 Å². The number of thiazole rings is 1. The van der Waals surface area contributed by atoms with Crippen LogP contribution in [0.5, 0.6) is 0 Å². The topological polar surface area (TPSA) is 53.6 Å². The summed E-state index contributed by atoms with van der Waals surface area (Å²) in [7, 11) is 0. The Bertz CT molecular complexity index is 396. The van der Waals surface area contributed by atoms with Gasteiger partial charge in [0.15, 0.2) is 0 Å². The Hall–Kier alpha value is -1.20. The largest absolute Gasteiger partial charge is 0.347 e. The average Bonchev–Trinajstić information content (AvgIpc) is 2.96. The molecule has 0 bridgehead atoms. The minimum absolute atomic E-state index is 0.258. The van der Waals surface area contributed by atoms with E-state index in [1.54, 1.807) is 17.5 Å². The molecule has 2 rings (SSSR count). The Labute approximate surface area is 99.2 Å². The van der Waals surface area contributed by atoms with Crippen LogP contribution in [0.25, 0.3) is 0 Å². The van der Waals surface area contributed by atoms with E-state index in [1.165, 1.54) is 0 Å². The van der Waals surface area contributed by atoms with E-state index < -0.39 is 0 Å². The summed E-state index contributed by atoms with van der Waals surface area (Å²) in [5.74, 6) is 0.992. The molecule has 2 aromatic rings. The zero-order valence-electron chi connectivity index (χ0n) is 9.47. The molecule has 0 spiro atoms. The molecule has 0 aliphatic heterocycles. The van der Waals surface area contributed by atoms with Crippen LogP contribution >= 0.6 is 11.3 Å². The van der Waals surface area contributed by atoms with Gasteiger partial charge in [0.05, 0.1) is 12.1 Å². The van der Waals surface area contributed by atoms with Crippen LogP contribution in [0.4, 0.5) is 0 Å². The number of aromatic amines is 1. The molecule has 0 aromatic carbocycles. The van der Waals surface area contributed by atoms with E-state index in [0.29, 0.717) is 0 Å². The molecule has 2 N–H and O–H groups in total. The van der Waals surface area contributed by atoms with E-state index in [4.69, 9.17) is 0 Å². The van der Waals surface area contributed by atoms with Gasteiger partial charge in [-0.3, -0.25) is 5.32 Å². The van der Waals surface area contributed by atoms with Gasteiger partial charge in [0.1, 0.15) is 10.8 Å². The van der Waals surface area contributed by atoms with E-state index in [9.17, 15) is 0 Å². The number of hydrogen-bond acceptors (Lipinski definition) is 4. The van der Waals surface area contributed by atoms with Gasteiger partial charge in [-0.1, -0.05) is 6.92 Å². The van der Waals surface area contributed by atoms with Gasteiger partial charge in [-0.25, -0.2) is 9.97 Å². The summed E-state index contributed by atoms with van der Waals surface area (Å²) in [6, 6.07) is 0.518. The first kappa shape index (κ1) is 11.3. The third-order valence-electron chi connectivity index (χ3n) is 2.53. The Morgan fingerprint density at radius 2 is 2.31 bits per heavy atom. The van der Waals surface area contributed by atoms with Gasteiger partial charge < -0.3 is 4.98 Å². The Kier molecular flexibility index (Phi) is 3.69. The summed E-state index contributed by atoms with van der Waals surface area (Å²) >= 11 is 1.68. The van der Waals surface area contributed by atoms with Crippen molar-refractivity contribution in [3.63, 3.8) is 0 Å². The van der Waals surface area contributed by atoms with Gasteiger partial charge in [-0.2, -0.15) is 0 Å². The lowest BCUT2D eigenvalue weighted by Crippen LogP contribution is -2.25. The first-order chi connectivity index (χ1) is 7.81. The normalized spacial score (nSPS) is 14.9. The van der Waals surface area contributed by atoms with E-state index in [2.05, 4.69) is 34.1 Å². The molecule has 2 heterocycles. The van der Waals surface area contributed by atoms with Crippen molar-refractivity contribution in [1.29, 1.82) is 0 Å². The summed E-state index contributed by atoms with van der Waals surface area (Å²) in [6.07, 6.45) is 6.48. The molecule has 2 aromatic heterocycles. The fourth-order valence-electron chi connectivity index (χ4n) is 1.68. The number of nitrogens with one attached hydrogen (secondary N) is 2. The van der Waals surface area contributed by atoms with Crippen LogP contribution < -0.4 is 5.32 Å². The lowest BCUT2D eigenvalue weighted by molar-refractivity contribution is 0.440. The number of rotatable bonds is 5. The zero-order valence-corrected chi connectivity index (χ0v) is 10.3. The molecule has 0 aliphatic rings. The van der Waals surface area contributed by atoms with Crippen LogP contribution in [0, 0.1) is 0 Å². The SMILES string of the molecule is CCC(NC(C)c1nccs1)c1ncc[nH]1. The minimum atomic E-state index is 0.258. The van der Waals surface area contributed by atoms with Crippen molar-refractivity contribution in [2.24, 2.45) is 0 Å². The highest BCUT2D eigenvalue weighted by atomic mass is 32.1. The van der Waals surface area contributed by atoms with E-state index >= 15 is 0 Å². The Balaban J connectivity index is 2.02. The number of imidazole rings is 1. The number of H-pyrrole nitrogens is 1. The predicted octanol–water partition coefficient (Wildman–Crippen LogP) is 2.67. The van der Waals surface area contributed by atoms with Crippen LogP contribution in [-0.2, 0) is 0 Å². The van der Waals surface area contributed by atoms with Crippen molar-refractivity contribution in [1.82, 2.24) is 20.3 Å². The summed E-state index contributed by atoms with van der Waals surface area (Å²) in [5, 5.41) is 6.64. The maximum atomic E-state index is 4.31. The maximum absolute atomic E-state index is 4.31. The standard InChI is InChI=1S/C11H16N4S/c1-3-9(10-12-4-5-13-10)15-8(2)11-14-6-7-16-11/h4-9,15H,3H2,1-2H3,(H,12,13). The molecule has 5 heteroatoms. The number of aromatic nitrogens is 3. The minimum Gasteiger partial charge on any atom is -0.347 e. The van der Waals surface area contributed by atoms with E-state index in [0.717, 1.165) is 17.3 Å². The van der Waals surface area contributed by atoms with E-state index in [-0.39, 0.29) is 12.1 Å². The molecule has 0 fully saturated rings. The second-order valence-corrected chi connectivity index (χ2v) is 4.62. The predicted molar refractivity (Wildman–Crippen MR) is 65.3 cm³/mol. The molecule has 86 valence electrons. The number of hydrogen-bond donors (Lipinski definition) is 2. The number of nitrogens with zero attached hydrogens (tertiary/aromatic N) is 2. The van der Waals surface area contributed by atoms with Crippen molar-refractivity contribution < 1.29 is 0 Å². The van der Waals surface area contributed by atoms with Crippen molar-refractivity contribution in [3.05, 3.63) is 34.8 Å². The van der Waals surface area contributed by atoms with Gasteiger partial charge in [-0.15, -0.1) is 11.3 Å². The lowest BCUT2D eigenvalue weighted by atomic mass is 10.2. The molecule has 4 nitrogen and oxygen atoms in total. The van der Waals surface area contributed by atoms with Crippen LogP contribution in [0.3, 0.4) is 0 Å². The summed E-state index contributed by atoms with van der Waals surface area (Å²) < 4.78 is 0. The third-order valence-corrected chi connectivity index (χ3v) is 3.49. The fraction of sp³-hybridized carbons (Fsp3) is 0.455. The van der Waals surface area contributed by atoms with Gasteiger partial charge in [0, 0.05) is 24.0 Å². The van der Waals surface area contributed by atoms with Crippen LogP contribution in [0.15, 0.2) is 24.0 Å². The van der Waals surface area contributed by atoms with E-state index in [1.807, 2.05) is 17.8 Å². The van der Waals surface area contributed by atoms with Gasteiger partial charge in [0.25, 0.3) is 0 Å². The molecule has 0 amide bonds. The molecule has 0 saturated heterocycles. The van der Waals surface area contributed by atoms with Crippen molar-refractivity contribution in [2.45, 2.75) is 32.4 Å². The molecule has 2 atom stereocenters. The van der Waals surface area contributed by atoms with Gasteiger partial charge in [-0.05, 0) is 13.3 Å². The van der Waals surface area contributed by atoms with Crippen LogP contribution in [0.1, 0.15) is 43.2 Å². The summed E-state index contributed by atoms with van der Waals surface area (Å²) in [4.78, 5) is 11.7. The van der Waals surface area contributed by atoms with Crippen molar-refractivity contribution >= 4 is 11.3 Å². The highest BCUT2D eigenvalue weighted by Crippen LogP contribution is 2.20. The first-order valence-corrected chi connectivity index (χ1v) is 6.34. The fourth-order valence-corrected chi connectivity index (χ4v) is 2.33. The molecule has 0 aliphatic carbocycles. The monoisotopic (exact) mass is 236 g/mol. The molecule has 2 unspecified atom stereocenters. The maximum Gasteiger partial charge on any atom is 0.123 e. The highest BCUT2D eigenvalue weighted by Gasteiger charge is 2.16. The highest BCUT2D eigenvalue weighted by molar-refractivity contribution is 7.09. The van der Waals surface area contributed by atoms with Gasteiger partial charge in [0.2, 0.25) is 0 Å². The first-order valence-electron chi connectivity index (χ1n) is 5.46. The summed E-state index contributed by atoms with van der Waals surface area (Å²) in [5.41, 5.74) is 0. The second kappa shape index (κ2) is 5.23. The third kappa shape index (κ3) is 2.48. The second-order valence-electron chi connectivity index (χ2n) is 3.69. The molecule has 0 radical (unpaired) electrons. The molecular weight excluding hydrogens is 220 g/mol. The lowest BCUT2D eigenvalue weighted by Gasteiger charge is -2.19. The zero-order chi connectivity index (χ0) is 11.4. The Morgan fingerprint density at radius 1 is 1.44 bits per heavy atom. The average molecular weight is 236 g/mol. The van der Waals surface area contributed by atoms with Crippen molar-refractivity contribution in [2.75, 3.05) is 0 Å². The van der Waals surface area contributed by atoms with Gasteiger partial charge >= 0.3 is 0 Å². The molecule has 16 heavy (non-hydrogen) atoms. The molecular formula is C11H16N4S. The summed E-state index contributed by atoms with van der Waals surface area (Å²) in [6.45, 7) is 4.28.